The Hall–Kier alpha value is -0.920. The van der Waals surface area contributed by atoms with E-state index in [0.29, 0.717) is 4.47 Å². The van der Waals surface area contributed by atoms with Gasteiger partial charge in [-0.3, -0.25) is 4.31 Å². The van der Waals surface area contributed by atoms with Crippen molar-refractivity contribution < 1.29 is 12.8 Å². The van der Waals surface area contributed by atoms with Gasteiger partial charge in [0.15, 0.2) is 0 Å². The van der Waals surface area contributed by atoms with Gasteiger partial charge in [0.25, 0.3) is 10.0 Å². The van der Waals surface area contributed by atoms with Gasteiger partial charge in [-0.15, -0.1) is 0 Å². The second-order valence-corrected chi connectivity index (χ2v) is 7.82. The second kappa shape index (κ2) is 5.83. The number of hydrogen-bond donors (Lipinski definition) is 0. The van der Waals surface area contributed by atoms with Gasteiger partial charge in [-0.2, -0.15) is 0 Å². The van der Waals surface area contributed by atoms with Gasteiger partial charge in [0, 0.05) is 16.0 Å². The fourth-order valence-electron chi connectivity index (χ4n) is 1.63. The lowest BCUT2D eigenvalue weighted by atomic mass is 10.3. The van der Waals surface area contributed by atoms with Gasteiger partial charge < -0.3 is 0 Å². The quantitative estimate of drug-likeness (QED) is 0.744. The van der Waals surface area contributed by atoms with Crippen LogP contribution in [0.1, 0.15) is 0 Å². The van der Waals surface area contributed by atoms with E-state index < -0.39 is 15.8 Å². The van der Waals surface area contributed by atoms with Crippen molar-refractivity contribution in [1.29, 1.82) is 0 Å². The van der Waals surface area contributed by atoms with Crippen LogP contribution in [0.2, 0.25) is 0 Å². The van der Waals surface area contributed by atoms with Crippen LogP contribution >= 0.6 is 31.9 Å². The number of rotatable bonds is 3. The Kier molecular flexibility index (Phi) is 4.51. The van der Waals surface area contributed by atoms with Crippen molar-refractivity contribution in [2.75, 3.05) is 11.4 Å². The van der Waals surface area contributed by atoms with E-state index in [1.807, 2.05) is 0 Å². The minimum absolute atomic E-state index is 0.00359. The topological polar surface area (TPSA) is 37.4 Å². The third-order valence-corrected chi connectivity index (χ3v) is 5.53. The SMILES string of the molecule is CN(c1ccc(Br)cc1F)S(=O)(=O)c1ccc(Br)cc1. The molecule has 20 heavy (non-hydrogen) atoms. The molecule has 2 aromatic rings. The van der Waals surface area contributed by atoms with Crippen molar-refractivity contribution in [3.8, 4) is 0 Å². The minimum atomic E-state index is -3.79. The maximum absolute atomic E-state index is 13.9. The Labute approximate surface area is 133 Å². The van der Waals surface area contributed by atoms with Gasteiger partial charge >= 0.3 is 0 Å². The van der Waals surface area contributed by atoms with Gasteiger partial charge in [-0.25, -0.2) is 12.8 Å². The van der Waals surface area contributed by atoms with Crippen LogP contribution in [0.5, 0.6) is 0 Å². The van der Waals surface area contributed by atoms with Crippen LogP contribution in [0.25, 0.3) is 0 Å². The minimum Gasteiger partial charge on any atom is -0.266 e. The molecule has 0 amide bonds. The maximum Gasteiger partial charge on any atom is 0.264 e. The Morgan fingerprint density at radius 2 is 1.55 bits per heavy atom. The number of sulfonamides is 1. The fourth-order valence-corrected chi connectivity index (χ4v) is 3.43. The molecule has 0 saturated heterocycles. The van der Waals surface area contributed by atoms with Gasteiger partial charge in [0.05, 0.1) is 10.6 Å². The van der Waals surface area contributed by atoms with E-state index in [2.05, 4.69) is 31.9 Å². The lowest BCUT2D eigenvalue weighted by Crippen LogP contribution is -2.27. The molecule has 0 aliphatic rings. The van der Waals surface area contributed by atoms with Crippen LogP contribution in [-0.4, -0.2) is 15.5 Å². The molecule has 2 aromatic carbocycles. The number of hydrogen-bond acceptors (Lipinski definition) is 2. The fraction of sp³-hybridized carbons (Fsp3) is 0.0769. The highest BCUT2D eigenvalue weighted by Crippen LogP contribution is 2.27. The predicted octanol–water partition coefficient (Wildman–Crippen LogP) is 4.18. The Bertz CT molecular complexity index is 733. The van der Waals surface area contributed by atoms with E-state index >= 15 is 0 Å². The molecule has 0 saturated carbocycles. The Morgan fingerprint density at radius 3 is 2.10 bits per heavy atom. The highest BCUT2D eigenvalue weighted by atomic mass is 79.9. The third kappa shape index (κ3) is 3.05. The maximum atomic E-state index is 13.9. The molecule has 2 rings (SSSR count). The number of halogens is 3. The van der Waals surface area contributed by atoms with Gasteiger partial charge in [-0.1, -0.05) is 31.9 Å². The largest absolute Gasteiger partial charge is 0.266 e. The van der Waals surface area contributed by atoms with E-state index in [4.69, 9.17) is 0 Å². The van der Waals surface area contributed by atoms with Gasteiger partial charge in [-0.05, 0) is 42.5 Å². The molecule has 0 fully saturated rings. The molecule has 0 unspecified atom stereocenters. The predicted molar refractivity (Wildman–Crippen MR) is 83.8 cm³/mol. The van der Waals surface area contributed by atoms with E-state index in [1.165, 1.54) is 31.3 Å². The average molecular weight is 423 g/mol. The summed E-state index contributed by atoms with van der Waals surface area (Å²) in [5.74, 6) is -0.609. The van der Waals surface area contributed by atoms with Crippen LogP contribution in [-0.2, 0) is 10.0 Å². The summed E-state index contributed by atoms with van der Waals surface area (Å²) >= 11 is 6.38. The van der Waals surface area contributed by atoms with Gasteiger partial charge in [0.2, 0.25) is 0 Å². The van der Waals surface area contributed by atoms with E-state index in [0.717, 1.165) is 8.78 Å². The van der Waals surface area contributed by atoms with Crippen LogP contribution in [0.15, 0.2) is 56.3 Å². The summed E-state index contributed by atoms with van der Waals surface area (Å²) < 4.78 is 40.9. The molecule has 0 N–H and O–H groups in total. The summed E-state index contributed by atoms with van der Waals surface area (Å²) in [5.41, 5.74) is -0.00359. The van der Waals surface area contributed by atoms with Crippen molar-refractivity contribution in [2.45, 2.75) is 4.90 Å². The molecule has 106 valence electrons. The zero-order valence-corrected chi connectivity index (χ0v) is 14.3. The van der Waals surface area contributed by atoms with E-state index in [1.54, 1.807) is 18.2 Å². The second-order valence-electron chi connectivity index (χ2n) is 4.02. The zero-order valence-electron chi connectivity index (χ0n) is 10.3. The normalized spacial score (nSPS) is 11.4. The highest BCUT2D eigenvalue weighted by molar-refractivity contribution is 9.10. The van der Waals surface area contributed by atoms with Crippen molar-refractivity contribution in [2.24, 2.45) is 0 Å². The van der Waals surface area contributed by atoms with Crippen LogP contribution in [0, 0.1) is 5.82 Å². The number of benzene rings is 2. The third-order valence-electron chi connectivity index (χ3n) is 2.72. The average Bonchev–Trinajstić information content (AvgIpc) is 2.38. The summed E-state index contributed by atoms with van der Waals surface area (Å²) in [6.07, 6.45) is 0. The summed E-state index contributed by atoms with van der Waals surface area (Å²) in [4.78, 5) is 0.102. The van der Waals surface area contributed by atoms with E-state index in [9.17, 15) is 12.8 Å². The van der Waals surface area contributed by atoms with Crippen molar-refractivity contribution in [3.05, 3.63) is 57.2 Å². The smallest absolute Gasteiger partial charge is 0.264 e. The first-order valence-electron chi connectivity index (χ1n) is 5.52. The lowest BCUT2D eigenvalue weighted by Gasteiger charge is -2.20. The molecule has 0 spiro atoms. The first-order valence-corrected chi connectivity index (χ1v) is 8.54. The molecule has 0 aromatic heterocycles. The summed E-state index contributed by atoms with van der Waals surface area (Å²) in [5, 5.41) is 0. The van der Waals surface area contributed by atoms with Crippen molar-refractivity contribution >= 4 is 47.6 Å². The van der Waals surface area contributed by atoms with Crippen LogP contribution in [0.4, 0.5) is 10.1 Å². The molecule has 0 radical (unpaired) electrons. The van der Waals surface area contributed by atoms with E-state index in [-0.39, 0.29) is 10.6 Å². The molecule has 0 bridgehead atoms. The summed E-state index contributed by atoms with van der Waals surface area (Å²) in [6.45, 7) is 0. The van der Waals surface area contributed by atoms with Crippen LogP contribution < -0.4 is 4.31 Å². The lowest BCUT2D eigenvalue weighted by molar-refractivity contribution is 0.589. The van der Waals surface area contributed by atoms with Crippen molar-refractivity contribution in [1.82, 2.24) is 0 Å². The molecule has 7 heteroatoms. The first-order chi connectivity index (χ1) is 9.32. The monoisotopic (exact) mass is 421 g/mol. The van der Waals surface area contributed by atoms with Crippen LogP contribution in [0.3, 0.4) is 0 Å². The van der Waals surface area contributed by atoms with Crippen molar-refractivity contribution in [3.63, 3.8) is 0 Å². The standard InChI is InChI=1S/C13H10Br2FNO2S/c1-17(13-7-4-10(15)8-12(13)16)20(18,19)11-5-2-9(14)3-6-11/h2-8H,1H3. The first kappa shape index (κ1) is 15.5. The molecule has 0 atom stereocenters. The molecular formula is C13H10Br2FNO2S. The number of nitrogens with zero attached hydrogens (tertiary/aromatic N) is 1. The zero-order chi connectivity index (χ0) is 14.9. The summed E-state index contributed by atoms with van der Waals surface area (Å²) in [6, 6.07) is 10.4. The highest BCUT2D eigenvalue weighted by Gasteiger charge is 2.23. The van der Waals surface area contributed by atoms with Gasteiger partial charge in [0.1, 0.15) is 5.82 Å². The Balaban J connectivity index is 2.45. The molecule has 3 nitrogen and oxygen atoms in total. The Morgan fingerprint density at radius 1 is 1.00 bits per heavy atom. The molecular weight excluding hydrogens is 413 g/mol. The molecule has 0 aliphatic carbocycles. The molecule has 0 heterocycles. The summed E-state index contributed by atoms with van der Waals surface area (Å²) in [7, 11) is -2.46. The number of anilines is 1. The molecule has 0 aliphatic heterocycles.